The van der Waals surface area contributed by atoms with Crippen molar-refractivity contribution in [2.45, 2.75) is 32.9 Å². The topological polar surface area (TPSA) is 74.9 Å². The molecule has 0 saturated heterocycles. The lowest BCUT2D eigenvalue weighted by Gasteiger charge is -2.21. The minimum absolute atomic E-state index is 0.0938. The Balaban J connectivity index is 2.53. The lowest BCUT2D eigenvalue weighted by Crippen LogP contribution is -2.40. The molecule has 0 bridgehead atoms. The number of ether oxygens (including phenoxy) is 1. The first-order chi connectivity index (χ1) is 10.6. The lowest BCUT2D eigenvalue weighted by atomic mass is 9.86. The molecule has 0 aliphatic carbocycles. The standard InChI is InChI=1S/C16H23BN2O4/c1-16(2,3)23-15(20)19-13-7-6-11(10-18(4)5)8-12(13)9-14(19)17(21)22/h6-9,21-22H,10H2,1-5H3. The highest BCUT2D eigenvalue weighted by Crippen LogP contribution is 2.19. The Kier molecular flexibility index (Phi) is 4.84. The third-order valence-corrected chi connectivity index (χ3v) is 3.23. The van der Waals surface area contributed by atoms with E-state index in [0.29, 0.717) is 5.52 Å². The quantitative estimate of drug-likeness (QED) is 0.831. The van der Waals surface area contributed by atoms with Crippen LogP contribution in [0.15, 0.2) is 24.3 Å². The maximum Gasteiger partial charge on any atom is 0.506 e. The molecule has 0 amide bonds. The van der Waals surface area contributed by atoms with Gasteiger partial charge in [-0.15, -0.1) is 0 Å². The molecule has 0 aliphatic rings. The van der Waals surface area contributed by atoms with E-state index in [-0.39, 0.29) is 5.59 Å². The van der Waals surface area contributed by atoms with Gasteiger partial charge in [0.1, 0.15) is 5.60 Å². The maximum atomic E-state index is 12.4. The number of rotatable bonds is 3. The smallest absolute Gasteiger partial charge is 0.443 e. The number of aromatic nitrogens is 1. The summed E-state index contributed by atoms with van der Waals surface area (Å²) in [6.45, 7) is 6.05. The zero-order valence-electron chi connectivity index (χ0n) is 14.2. The molecule has 2 rings (SSSR count). The molecule has 7 heteroatoms. The molecule has 2 N–H and O–H groups in total. The van der Waals surface area contributed by atoms with E-state index in [1.54, 1.807) is 32.9 Å². The Morgan fingerprint density at radius 1 is 1.26 bits per heavy atom. The molecule has 0 unspecified atom stereocenters. The Labute approximate surface area is 136 Å². The molecule has 1 aromatic heterocycles. The van der Waals surface area contributed by atoms with Crippen LogP contribution >= 0.6 is 0 Å². The van der Waals surface area contributed by atoms with Crippen molar-refractivity contribution in [3.8, 4) is 0 Å². The largest absolute Gasteiger partial charge is 0.506 e. The van der Waals surface area contributed by atoms with E-state index < -0.39 is 18.8 Å². The van der Waals surface area contributed by atoms with Crippen LogP contribution in [0.4, 0.5) is 4.79 Å². The van der Waals surface area contributed by atoms with Gasteiger partial charge in [-0.3, -0.25) is 4.57 Å². The van der Waals surface area contributed by atoms with E-state index >= 15 is 0 Å². The number of carbonyl (C=O) groups excluding carboxylic acids is 1. The maximum absolute atomic E-state index is 12.4. The summed E-state index contributed by atoms with van der Waals surface area (Å²) in [6.07, 6.45) is -0.629. The SMILES string of the molecule is CN(C)Cc1ccc2c(c1)cc(B(O)O)n2C(=O)OC(C)(C)C. The first-order valence-corrected chi connectivity index (χ1v) is 7.47. The molecule has 6 nitrogen and oxygen atoms in total. The fourth-order valence-electron chi connectivity index (χ4n) is 2.45. The predicted molar refractivity (Wildman–Crippen MR) is 90.8 cm³/mol. The summed E-state index contributed by atoms with van der Waals surface area (Å²) in [5.74, 6) is 0. The third kappa shape index (κ3) is 4.13. The number of benzene rings is 1. The molecule has 124 valence electrons. The van der Waals surface area contributed by atoms with Gasteiger partial charge >= 0.3 is 13.2 Å². The highest BCUT2D eigenvalue weighted by atomic mass is 16.6. The second-order valence-corrected chi connectivity index (χ2v) is 6.89. The van der Waals surface area contributed by atoms with Crippen molar-refractivity contribution in [3.63, 3.8) is 0 Å². The zero-order chi connectivity index (χ0) is 17.4. The van der Waals surface area contributed by atoms with Gasteiger partial charge in [-0.05, 0) is 58.6 Å². The van der Waals surface area contributed by atoms with Crippen LogP contribution in [-0.4, -0.2) is 52.4 Å². The molecule has 2 aromatic rings. The first-order valence-electron chi connectivity index (χ1n) is 7.47. The molecule has 1 heterocycles. The van der Waals surface area contributed by atoms with Crippen molar-refractivity contribution in [1.29, 1.82) is 0 Å². The highest BCUT2D eigenvalue weighted by molar-refractivity contribution is 6.59. The van der Waals surface area contributed by atoms with E-state index in [1.165, 1.54) is 4.57 Å². The molecule has 0 aliphatic heterocycles. The van der Waals surface area contributed by atoms with Crippen LogP contribution in [0.25, 0.3) is 10.9 Å². The van der Waals surface area contributed by atoms with Crippen molar-refractivity contribution in [2.24, 2.45) is 0 Å². The molecule has 0 saturated carbocycles. The minimum atomic E-state index is -1.76. The van der Waals surface area contributed by atoms with E-state index in [2.05, 4.69) is 0 Å². The Morgan fingerprint density at radius 3 is 2.43 bits per heavy atom. The summed E-state index contributed by atoms with van der Waals surface area (Å²) in [5, 5.41) is 19.9. The molecule has 0 spiro atoms. The van der Waals surface area contributed by atoms with Crippen molar-refractivity contribution in [1.82, 2.24) is 9.47 Å². The van der Waals surface area contributed by atoms with Gasteiger partial charge in [-0.2, -0.15) is 0 Å². The van der Waals surface area contributed by atoms with Crippen LogP contribution in [0.2, 0.25) is 0 Å². The summed E-state index contributed by atoms with van der Waals surface area (Å²) in [6, 6.07) is 7.24. The average molecular weight is 318 g/mol. The molecular formula is C16H23BN2O4. The molecular weight excluding hydrogens is 295 g/mol. The molecule has 0 fully saturated rings. The van der Waals surface area contributed by atoms with E-state index in [9.17, 15) is 14.8 Å². The number of nitrogens with zero attached hydrogens (tertiary/aromatic N) is 2. The average Bonchev–Trinajstić information content (AvgIpc) is 2.74. The van der Waals surface area contributed by atoms with Gasteiger partial charge < -0.3 is 19.7 Å². The van der Waals surface area contributed by atoms with E-state index in [1.807, 2.05) is 31.1 Å². The highest BCUT2D eigenvalue weighted by Gasteiger charge is 2.27. The van der Waals surface area contributed by atoms with E-state index in [0.717, 1.165) is 17.5 Å². The van der Waals surface area contributed by atoms with Gasteiger partial charge in [-0.1, -0.05) is 6.07 Å². The van der Waals surface area contributed by atoms with Gasteiger partial charge in [0.2, 0.25) is 0 Å². The zero-order valence-corrected chi connectivity index (χ0v) is 14.2. The van der Waals surface area contributed by atoms with Crippen molar-refractivity contribution >= 4 is 29.7 Å². The van der Waals surface area contributed by atoms with Crippen LogP contribution in [0.5, 0.6) is 0 Å². The number of hydrogen-bond donors (Lipinski definition) is 2. The lowest BCUT2D eigenvalue weighted by molar-refractivity contribution is 0.0547. The summed E-state index contributed by atoms with van der Waals surface area (Å²) in [7, 11) is 2.19. The molecule has 0 radical (unpaired) electrons. The van der Waals surface area contributed by atoms with Gasteiger partial charge in [0.15, 0.2) is 0 Å². The van der Waals surface area contributed by atoms with Crippen LogP contribution < -0.4 is 5.59 Å². The summed E-state index contributed by atoms with van der Waals surface area (Å²) in [5.41, 5.74) is 1.08. The fourth-order valence-corrected chi connectivity index (χ4v) is 2.45. The first kappa shape index (κ1) is 17.5. The minimum Gasteiger partial charge on any atom is -0.443 e. The second-order valence-electron chi connectivity index (χ2n) is 6.89. The van der Waals surface area contributed by atoms with Crippen LogP contribution in [0.1, 0.15) is 26.3 Å². The molecule has 23 heavy (non-hydrogen) atoms. The predicted octanol–water partition coefficient (Wildman–Crippen LogP) is 1.17. The number of fused-ring (bicyclic) bond motifs is 1. The normalized spacial score (nSPS) is 12.0. The van der Waals surface area contributed by atoms with Crippen molar-refractivity contribution < 1.29 is 19.6 Å². The van der Waals surface area contributed by atoms with Gasteiger partial charge in [0, 0.05) is 11.9 Å². The van der Waals surface area contributed by atoms with Crippen molar-refractivity contribution in [2.75, 3.05) is 14.1 Å². The summed E-state index contributed by atoms with van der Waals surface area (Å²) >= 11 is 0. The van der Waals surface area contributed by atoms with E-state index in [4.69, 9.17) is 4.74 Å². The monoisotopic (exact) mass is 318 g/mol. The number of carbonyl (C=O) groups is 1. The third-order valence-electron chi connectivity index (χ3n) is 3.23. The molecule has 1 aromatic carbocycles. The Hall–Kier alpha value is -1.83. The Morgan fingerprint density at radius 2 is 1.91 bits per heavy atom. The fraction of sp³-hybridized carbons (Fsp3) is 0.438. The van der Waals surface area contributed by atoms with Gasteiger partial charge in [0.05, 0.1) is 11.1 Å². The van der Waals surface area contributed by atoms with Crippen molar-refractivity contribution in [3.05, 3.63) is 29.8 Å². The Bertz CT molecular complexity index is 717. The van der Waals surface area contributed by atoms with Gasteiger partial charge in [0.25, 0.3) is 0 Å². The van der Waals surface area contributed by atoms with Crippen LogP contribution in [0, 0.1) is 0 Å². The van der Waals surface area contributed by atoms with Crippen LogP contribution in [0.3, 0.4) is 0 Å². The second kappa shape index (κ2) is 6.35. The molecule has 0 atom stereocenters. The van der Waals surface area contributed by atoms with Crippen LogP contribution in [-0.2, 0) is 11.3 Å². The van der Waals surface area contributed by atoms with Gasteiger partial charge in [-0.25, -0.2) is 4.79 Å². The number of hydrogen-bond acceptors (Lipinski definition) is 5. The summed E-state index contributed by atoms with van der Waals surface area (Å²) in [4.78, 5) is 14.5. The summed E-state index contributed by atoms with van der Waals surface area (Å²) < 4.78 is 6.58.